The predicted octanol–water partition coefficient (Wildman–Crippen LogP) is 1.47. The van der Waals surface area contributed by atoms with E-state index in [4.69, 9.17) is 4.74 Å². The van der Waals surface area contributed by atoms with Crippen LogP contribution in [-0.2, 0) is 9.53 Å². The van der Waals surface area contributed by atoms with Gasteiger partial charge in [0.2, 0.25) is 5.91 Å². The number of aliphatic hydroxyl groups is 1. The largest absolute Gasteiger partial charge is 0.390 e. The number of carbonyl (C=O) groups excluding carboxylic acids is 1. The van der Waals surface area contributed by atoms with Gasteiger partial charge in [0.25, 0.3) is 0 Å². The van der Waals surface area contributed by atoms with Gasteiger partial charge in [-0.1, -0.05) is 13.8 Å². The molecule has 0 aromatic carbocycles. The SMILES string of the molecule is CCC(CC)C(=O)N[C@@H]1CC[C@@H]2C[C@@H]1[C@@H](O)CO2. The normalized spacial score (nSPS) is 35.6. The molecule has 1 saturated heterocycles. The zero-order valence-electron chi connectivity index (χ0n) is 11.4. The molecule has 0 aromatic rings. The van der Waals surface area contributed by atoms with Gasteiger partial charge in [0.15, 0.2) is 0 Å². The first kappa shape index (κ1) is 13.8. The van der Waals surface area contributed by atoms with Crippen LogP contribution in [0.2, 0.25) is 0 Å². The number of hydrogen-bond donors (Lipinski definition) is 2. The second-order valence-corrected chi connectivity index (χ2v) is 5.63. The summed E-state index contributed by atoms with van der Waals surface area (Å²) < 4.78 is 5.54. The molecule has 2 aliphatic rings. The summed E-state index contributed by atoms with van der Waals surface area (Å²) in [6.45, 7) is 4.52. The minimum Gasteiger partial charge on any atom is -0.390 e. The predicted molar refractivity (Wildman–Crippen MR) is 69.1 cm³/mol. The molecule has 4 atom stereocenters. The highest BCUT2D eigenvalue weighted by molar-refractivity contribution is 5.78. The average molecular weight is 255 g/mol. The Morgan fingerprint density at radius 3 is 2.78 bits per heavy atom. The van der Waals surface area contributed by atoms with Crippen molar-refractivity contribution in [3.63, 3.8) is 0 Å². The molecule has 1 aliphatic carbocycles. The van der Waals surface area contributed by atoms with E-state index in [1.807, 2.05) is 13.8 Å². The summed E-state index contributed by atoms with van der Waals surface area (Å²) in [4.78, 5) is 12.1. The Kier molecular flexibility index (Phi) is 4.62. The molecule has 2 bridgehead atoms. The van der Waals surface area contributed by atoms with Crippen molar-refractivity contribution >= 4 is 5.91 Å². The Labute approximate surface area is 109 Å². The number of ether oxygens (including phenoxy) is 1. The molecule has 0 aromatic heterocycles. The maximum absolute atomic E-state index is 12.1. The Morgan fingerprint density at radius 1 is 1.39 bits per heavy atom. The Balaban J connectivity index is 1.94. The van der Waals surface area contributed by atoms with Gasteiger partial charge in [-0.05, 0) is 32.1 Å². The number of fused-ring (bicyclic) bond motifs is 2. The molecule has 0 radical (unpaired) electrons. The van der Waals surface area contributed by atoms with Crippen LogP contribution in [0.25, 0.3) is 0 Å². The lowest BCUT2D eigenvalue weighted by Crippen LogP contribution is -2.54. The molecule has 2 fully saturated rings. The minimum absolute atomic E-state index is 0.111. The van der Waals surface area contributed by atoms with Gasteiger partial charge in [0, 0.05) is 17.9 Å². The van der Waals surface area contributed by atoms with Crippen LogP contribution in [0.5, 0.6) is 0 Å². The lowest BCUT2D eigenvalue weighted by Gasteiger charge is -2.43. The van der Waals surface area contributed by atoms with Crippen molar-refractivity contribution in [1.29, 1.82) is 0 Å². The van der Waals surface area contributed by atoms with Crippen LogP contribution < -0.4 is 5.32 Å². The lowest BCUT2D eigenvalue weighted by atomic mass is 9.77. The molecule has 1 heterocycles. The fraction of sp³-hybridized carbons (Fsp3) is 0.929. The first-order chi connectivity index (χ1) is 8.65. The third-order valence-electron chi connectivity index (χ3n) is 4.53. The van der Waals surface area contributed by atoms with Gasteiger partial charge in [-0.2, -0.15) is 0 Å². The summed E-state index contributed by atoms with van der Waals surface area (Å²) in [5.74, 6) is 0.442. The molecular formula is C14H25NO3. The van der Waals surface area contributed by atoms with Gasteiger partial charge in [-0.25, -0.2) is 0 Å². The second-order valence-electron chi connectivity index (χ2n) is 5.63. The zero-order valence-corrected chi connectivity index (χ0v) is 11.4. The van der Waals surface area contributed by atoms with Crippen molar-refractivity contribution < 1.29 is 14.6 Å². The molecule has 104 valence electrons. The quantitative estimate of drug-likeness (QED) is 0.799. The molecule has 0 spiro atoms. The van der Waals surface area contributed by atoms with E-state index in [-0.39, 0.29) is 23.8 Å². The van der Waals surface area contributed by atoms with Crippen LogP contribution >= 0.6 is 0 Å². The maximum Gasteiger partial charge on any atom is 0.223 e. The van der Waals surface area contributed by atoms with Crippen LogP contribution in [-0.4, -0.2) is 35.9 Å². The zero-order chi connectivity index (χ0) is 13.1. The molecule has 0 unspecified atom stereocenters. The van der Waals surface area contributed by atoms with Gasteiger partial charge in [0.05, 0.1) is 18.8 Å². The topological polar surface area (TPSA) is 58.6 Å². The van der Waals surface area contributed by atoms with E-state index in [1.165, 1.54) is 0 Å². The molecule has 4 nitrogen and oxygen atoms in total. The van der Waals surface area contributed by atoms with E-state index < -0.39 is 6.10 Å². The van der Waals surface area contributed by atoms with E-state index in [0.29, 0.717) is 12.7 Å². The van der Waals surface area contributed by atoms with Crippen molar-refractivity contribution in [2.75, 3.05) is 6.61 Å². The van der Waals surface area contributed by atoms with E-state index in [1.54, 1.807) is 0 Å². The fourth-order valence-corrected chi connectivity index (χ4v) is 3.24. The van der Waals surface area contributed by atoms with Gasteiger partial charge >= 0.3 is 0 Å². The minimum atomic E-state index is -0.423. The number of carbonyl (C=O) groups is 1. The first-order valence-corrected chi connectivity index (χ1v) is 7.25. The Hall–Kier alpha value is -0.610. The summed E-state index contributed by atoms with van der Waals surface area (Å²) in [6.07, 6.45) is 4.44. The number of hydrogen-bond acceptors (Lipinski definition) is 3. The summed E-state index contributed by atoms with van der Waals surface area (Å²) in [5.41, 5.74) is 0. The maximum atomic E-state index is 12.1. The van der Waals surface area contributed by atoms with Crippen molar-refractivity contribution in [1.82, 2.24) is 5.32 Å². The van der Waals surface area contributed by atoms with Gasteiger partial charge in [-0.3, -0.25) is 4.79 Å². The van der Waals surface area contributed by atoms with Crippen molar-refractivity contribution in [2.24, 2.45) is 11.8 Å². The van der Waals surface area contributed by atoms with Gasteiger partial charge in [-0.15, -0.1) is 0 Å². The molecule has 4 heteroatoms. The molecule has 1 aliphatic heterocycles. The van der Waals surface area contributed by atoms with Crippen LogP contribution in [0.3, 0.4) is 0 Å². The lowest BCUT2D eigenvalue weighted by molar-refractivity contribution is -0.135. The van der Waals surface area contributed by atoms with Crippen molar-refractivity contribution in [3.05, 3.63) is 0 Å². The molecule has 1 saturated carbocycles. The molecule has 1 amide bonds. The average Bonchev–Trinajstić information content (AvgIpc) is 2.38. The number of nitrogens with one attached hydrogen (secondary N) is 1. The van der Waals surface area contributed by atoms with Crippen LogP contribution in [0, 0.1) is 11.8 Å². The Bertz CT molecular complexity index is 291. The fourth-order valence-electron chi connectivity index (χ4n) is 3.24. The summed E-state index contributed by atoms with van der Waals surface area (Å²) >= 11 is 0. The highest BCUT2D eigenvalue weighted by atomic mass is 16.5. The summed E-state index contributed by atoms with van der Waals surface area (Å²) in [5, 5.41) is 13.1. The van der Waals surface area contributed by atoms with Crippen molar-refractivity contribution in [2.45, 2.75) is 64.2 Å². The number of rotatable bonds is 4. The smallest absolute Gasteiger partial charge is 0.223 e. The van der Waals surface area contributed by atoms with E-state index >= 15 is 0 Å². The third kappa shape index (κ3) is 2.86. The highest BCUT2D eigenvalue weighted by Gasteiger charge is 2.40. The summed E-state index contributed by atoms with van der Waals surface area (Å²) in [6, 6.07) is 0.133. The van der Waals surface area contributed by atoms with Gasteiger partial charge < -0.3 is 15.2 Å². The molecule has 18 heavy (non-hydrogen) atoms. The molecule has 2 rings (SSSR count). The third-order valence-corrected chi connectivity index (χ3v) is 4.53. The summed E-state index contributed by atoms with van der Waals surface area (Å²) in [7, 11) is 0. The second kappa shape index (κ2) is 6.02. The van der Waals surface area contributed by atoms with Crippen LogP contribution in [0.15, 0.2) is 0 Å². The van der Waals surface area contributed by atoms with Crippen molar-refractivity contribution in [3.8, 4) is 0 Å². The molecular weight excluding hydrogens is 230 g/mol. The van der Waals surface area contributed by atoms with E-state index in [2.05, 4.69) is 5.32 Å². The Morgan fingerprint density at radius 2 is 2.11 bits per heavy atom. The monoisotopic (exact) mass is 255 g/mol. The van der Waals surface area contributed by atoms with E-state index in [0.717, 1.165) is 32.1 Å². The standard InChI is InChI=1S/C14H25NO3/c1-3-9(4-2)14(17)15-12-6-5-10-7-11(12)13(16)8-18-10/h9-13,16H,3-8H2,1-2H3,(H,15,17)/t10-,11+,12-,13+/m1/s1. The molecule has 2 N–H and O–H groups in total. The highest BCUT2D eigenvalue weighted by Crippen LogP contribution is 2.33. The first-order valence-electron chi connectivity index (χ1n) is 7.25. The van der Waals surface area contributed by atoms with Gasteiger partial charge in [0.1, 0.15) is 0 Å². The number of aliphatic hydroxyl groups excluding tert-OH is 1. The number of amides is 1. The van der Waals surface area contributed by atoms with E-state index in [9.17, 15) is 9.90 Å². The van der Waals surface area contributed by atoms with Crippen LogP contribution in [0.1, 0.15) is 46.0 Å². The van der Waals surface area contributed by atoms with Crippen LogP contribution in [0.4, 0.5) is 0 Å².